The summed E-state index contributed by atoms with van der Waals surface area (Å²) in [5, 5.41) is 7.54. The molecule has 7 nitrogen and oxygen atoms in total. The number of hydrogen-bond acceptors (Lipinski definition) is 6. The van der Waals surface area contributed by atoms with Gasteiger partial charge in [-0.15, -0.1) is 0 Å². The van der Waals surface area contributed by atoms with E-state index in [1.54, 1.807) is 4.68 Å². The molecule has 96 valence electrons. The standard InChI is InChI=1S/C11H17N7/c1-3-9-10(14-7-15-11(9)16-12)13-6-8-4-5-18(2)17-8/h4-5,7H,3,6,12H2,1-2H3,(H2,13,14,15,16). The summed E-state index contributed by atoms with van der Waals surface area (Å²) in [6, 6.07) is 1.96. The zero-order valence-corrected chi connectivity index (χ0v) is 10.5. The number of anilines is 2. The fraction of sp³-hybridized carbons (Fsp3) is 0.364. The van der Waals surface area contributed by atoms with Crippen molar-refractivity contribution in [1.29, 1.82) is 0 Å². The Bertz CT molecular complexity index is 520. The fourth-order valence-corrected chi connectivity index (χ4v) is 1.76. The van der Waals surface area contributed by atoms with E-state index >= 15 is 0 Å². The second-order valence-corrected chi connectivity index (χ2v) is 3.88. The van der Waals surface area contributed by atoms with Gasteiger partial charge in [-0.1, -0.05) is 6.92 Å². The average Bonchev–Trinajstić information content (AvgIpc) is 2.81. The zero-order valence-electron chi connectivity index (χ0n) is 10.5. The van der Waals surface area contributed by atoms with Gasteiger partial charge in [0.05, 0.1) is 12.2 Å². The smallest absolute Gasteiger partial charge is 0.148 e. The molecule has 18 heavy (non-hydrogen) atoms. The molecule has 0 saturated carbocycles. The maximum Gasteiger partial charge on any atom is 0.148 e. The molecule has 0 aromatic carbocycles. The van der Waals surface area contributed by atoms with E-state index < -0.39 is 0 Å². The number of nitrogen functional groups attached to an aromatic ring is 1. The van der Waals surface area contributed by atoms with Crippen molar-refractivity contribution in [2.45, 2.75) is 19.9 Å². The molecule has 0 saturated heterocycles. The molecule has 0 aliphatic carbocycles. The quantitative estimate of drug-likeness (QED) is 0.531. The Morgan fingerprint density at radius 3 is 2.72 bits per heavy atom. The number of nitrogens with one attached hydrogen (secondary N) is 2. The number of hydrazine groups is 1. The number of aromatic nitrogens is 4. The van der Waals surface area contributed by atoms with Gasteiger partial charge in [0, 0.05) is 18.8 Å². The van der Waals surface area contributed by atoms with Gasteiger partial charge in [-0.3, -0.25) is 4.68 Å². The third-order valence-corrected chi connectivity index (χ3v) is 2.64. The number of nitrogens with two attached hydrogens (primary N) is 1. The molecule has 0 aliphatic rings. The van der Waals surface area contributed by atoms with Crippen molar-refractivity contribution in [2.75, 3.05) is 10.7 Å². The van der Waals surface area contributed by atoms with E-state index in [0.717, 1.165) is 23.5 Å². The zero-order chi connectivity index (χ0) is 13.0. The van der Waals surface area contributed by atoms with Gasteiger partial charge in [0.25, 0.3) is 0 Å². The van der Waals surface area contributed by atoms with E-state index in [1.807, 2.05) is 26.2 Å². The summed E-state index contributed by atoms with van der Waals surface area (Å²) in [4.78, 5) is 8.31. The Hall–Kier alpha value is -2.15. The topological polar surface area (TPSA) is 93.7 Å². The summed E-state index contributed by atoms with van der Waals surface area (Å²) < 4.78 is 1.77. The Balaban J connectivity index is 2.13. The predicted molar refractivity (Wildman–Crippen MR) is 69.8 cm³/mol. The van der Waals surface area contributed by atoms with Crippen LogP contribution < -0.4 is 16.6 Å². The van der Waals surface area contributed by atoms with Crippen molar-refractivity contribution in [3.05, 3.63) is 29.8 Å². The maximum atomic E-state index is 5.42. The first-order valence-corrected chi connectivity index (χ1v) is 5.77. The molecule has 0 spiro atoms. The molecular weight excluding hydrogens is 230 g/mol. The van der Waals surface area contributed by atoms with Crippen LogP contribution in [0.3, 0.4) is 0 Å². The second-order valence-electron chi connectivity index (χ2n) is 3.88. The second kappa shape index (κ2) is 5.46. The van der Waals surface area contributed by atoms with Gasteiger partial charge < -0.3 is 10.7 Å². The molecule has 2 heterocycles. The van der Waals surface area contributed by atoms with Gasteiger partial charge in [-0.25, -0.2) is 15.8 Å². The molecule has 0 bridgehead atoms. The van der Waals surface area contributed by atoms with E-state index in [9.17, 15) is 0 Å². The van der Waals surface area contributed by atoms with Crippen LogP contribution >= 0.6 is 0 Å². The number of nitrogens with zero attached hydrogens (tertiary/aromatic N) is 4. The van der Waals surface area contributed by atoms with Crippen molar-refractivity contribution in [1.82, 2.24) is 19.7 Å². The van der Waals surface area contributed by atoms with Crippen LogP contribution in [0.15, 0.2) is 18.6 Å². The third-order valence-electron chi connectivity index (χ3n) is 2.64. The summed E-state index contributed by atoms with van der Waals surface area (Å²) in [7, 11) is 1.89. The molecule has 4 N–H and O–H groups in total. The number of aryl methyl sites for hydroxylation is 1. The van der Waals surface area contributed by atoms with Gasteiger partial charge in [-0.2, -0.15) is 5.10 Å². The van der Waals surface area contributed by atoms with Crippen molar-refractivity contribution in [2.24, 2.45) is 12.9 Å². The molecule has 0 atom stereocenters. The van der Waals surface area contributed by atoms with Crippen molar-refractivity contribution >= 4 is 11.6 Å². The molecule has 2 rings (SSSR count). The van der Waals surface area contributed by atoms with Crippen LogP contribution in [-0.2, 0) is 20.0 Å². The van der Waals surface area contributed by atoms with Crippen LogP contribution in [-0.4, -0.2) is 19.7 Å². The first kappa shape index (κ1) is 12.3. The van der Waals surface area contributed by atoms with Crippen molar-refractivity contribution in [3.63, 3.8) is 0 Å². The van der Waals surface area contributed by atoms with Gasteiger partial charge in [0.1, 0.15) is 18.0 Å². The Morgan fingerprint density at radius 2 is 2.11 bits per heavy atom. The van der Waals surface area contributed by atoms with E-state index in [0.29, 0.717) is 12.4 Å². The summed E-state index contributed by atoms with van der Waals surface area (Å²) in [6.45, 7) is 2.65. The lowest BCUT2D eigenvalue weighted by Crippen LogP contribution is -2.14. The Morgan fingerprint density at radius 1 is 1.33 bits per heavy atom. The van der Waals surface area contributed by atoms with Crippen molar-refractivity contribution < 1.29 is 0 Å². The SMILES string of the molecule is CCc1c(NN)ncnc1NCc1ccn(C)n1. The molecule has 2 aromatic rings. The Labute approximate surface area is 105 Å². The lowest BCUT2D eigenvalue weighted by Gasteiger charge is -2.11. The average molecular weight is 247 g/mol. The third kappa shape index (κ3) is 2.57. The molecule has 0 aliphatic heterocycles. The van der Waals surface area contributed by atoms with Crippen LogP contribution in [0.5, 0.6) is 0 Å². The highest BCUT2D eigenvalue weighted by Gasteiger charge is 2.08. The van der Waals surface area contributed by atoms with Crippen molar-refractivity contribution in [3.8, 4) is 0 Å². The highest BCUT2D eigenvalue weighted by Crippen LogP contribution is 2.19. The van der Waals surface area contributed by atoms with Gasteiger partial charge in [0.2, 0.25) is 0 Å². The minimum absolute atomic E-state index is 0.620. The molecule has 0 radical (unpaired) electrons. The summed E-state index contributed by atoms with van der Waals surface area (Å²) in [5.74, 6) is 6.85. The van der Waals surface area contributed by atoms with E-state index in [4.69, 9.17) is 5.84 Å². The molecule has 2 aromatic heterocycles. The van der Waals surface area contributed by atoms with Gasteiger partial charge in [-0.05, 0) is 12.5 Å². The summed E-state index contributed by atoms with van der Waals surface area (Å²) in [6.07, 6.45) is 4.19. The number of rotatable bonds is 5. The number of hydrogen-bond donors (Lipinski definition) is 3. The fourth-order valence-electron chi connectivity index (χ4n) is 1.76. The van der Waals surface area contributed by atoms with Crippen LogP contribution in [0.25, 0.3) is 0 Å². The maximum absolute atomic E-state index is 5.42. The van der Waals surface area contributed by atoms with E-state index in [-0.39, 0.29) is 0 Å². The molecule has 7 heteroatoms. The summed E-state index contributed by atoms with van der Waals surface area (Å²) >= 11 is 0. The molecular formula is C11H17N7. The van der Waals surface area contributed by atoms with Crippen LogP contribution in [0.4, 0.5) is 11.6 Å². The largest absolute Gasteiger partial charge is 0.364 e. The lowest BCUT2D eigenvalue weighted by atomic mass is 10.2. The van der Waals surface area contributed by atoms with Crippen LogP contribution in [0.2, 0.25) is 0 Å². The first-order valence-electron chi connectivity index (χ1n) is 5.77. The van der Waals surface area contributed by atoms with Crippen LogP contribution in [0, 0.1) is 0 Å². The Kier molecular flexibility index (Phi) is 3.73. The minimum atomic E-state index is 0.620. The predicted octanol–water partition coefficient (Wildman–Crippen LogP) is 0.670. The van der Waals surface area contributed by atoms with E-state index in [1.165, 1.54) is 6.33 Å². The molecule has 0 amide bonds. The highest BCUT2D eigenvalue weighted by atomic mass is 15.3. The van der Waals surface area contributed by atoms with Crippen LogP contribution in [0.1, 0.15) is 18.2 Å². The monoisotopic (exact) mass is 247 g/mol. The van der Waals surface area contributed by atoms with Gasteiger partial charge in [0.15, 0.2) is 0 Å². The normalized spacial score (nSPS) is 10.4. The summed E-state index contributed by atoms with van der Waals surface area (Å²) in [5.41, 5.74) is 4.51. The molecule has 0 fully saturated rings. The van der Waals surface area contributed by atoms with E-state index in [2.05, 4.69) is 25.8 Å². The highest BCUT2D eigenvalue weighted by molar-refractivity contribution is 5.56. The minimum Gasteiger partial charge on any atom is -0.364 e. The van der Waals surface area contributed by atoms with Gasteiger partial charge >= 0.3 is 0 Å². The lowest BCUT2D eigenvalue weighted by molar-refractivity contribution is 0.746. The molecule has 0 unspecified atom stereocenters. The first-order chi connectivity index (χ1) is 8.74.